The van der Waals surface area contributed by atoms with Gasteiger partial charge < -0.3 is 4.74 Å². The van der Waals surface area contributed by atoms with E-state index in [0.29, 0.717) is 22.0 Å². The molecule has 1 aromatic carbocycles. The molecule has 0 N–H and O–H groups in total. The van der Waals surface area contributed by atoms with Crippen LogP contribution in [0.15, 0.2) is 24.4 Å². The minimum Gasteiger partial charge on any atom is -0.486 e. The second-order valence-electron chi connectivity index (χ2n) is 3.87. The van der Waals surface area contributed by atoms with E-state index < -0.39 is 0 Å². The van der Waals surface area contributed by atoms with Crippen LogP contribution in [0, 0.1) is 0 Å². The van der Waals surface area contributed by atoms with Crippen LogP contribution in [-0.4, -0.2) is 20.8 Å². The summed E-state index contributed by atoms with van der Waals surface area (Å²) < 4.78 is 7.11. The lowest BCUT2D eigenvalue weighted by molar-refractivity contribution is 0.101. The Kier molecular flexibility index (Phi) is 3.62. The van der Waals surface area contributed by atoms with Gasteiger partial charge in [0, 0.05) is 12.6 Å². The van der Waals surface area contributed by atoms with Gasteiger partial charge in [-0.15, -0.1) is 5.10 Å². The Morgan fingerprint density at radius 1 is 1.50 bits per heavy atom. The predicted octanol–water partition coefficient (Wildman–Crippen LogP) is 2.25. The van der Waals surface area contributed by atoms with E-state index in [2.05, 4.69) is 10.3 Å². The van der Waals surface area contributed by atoms with Crippen LogP contribution in [0.1, 0.15) is 23.0 Å². The summed E-state index contributed by atoms with van der Waals surface area (Å²) in [5, 5.41) is 8.10. The van der Waals surface area contributed by atoms with Gasteiger partial charge in [-0.05, 0) is 25.1 Å². The molecule has 0 aliphatic rings. The minimum atomic E-state index is -0.0302. The summed E-state index contributed by atoms with van der Waals surface area (Å²) in [6.07, 6.45) is 1.76. The Balaban J connectivity index is 2.08. The number of carbonyl (C=O) groups is 1. The van der Waals surface area contributed by atoms with Crippen LogP contribution in [-0.2, 0) is 13.7 Å². The van der Waals surface area contributed by atoms with Crippen molar-refractivity contribution in [2.75, 3.05) is 0 Å². The zero-order chi connectivity index (χ0) is 13.1. The molecule has 1 aromatic heterocycles. The van der Waals surface area contributed by atoms with Crippen molar-refractivity contribution in [3.8, 4) is 5.75 Å². The molecule has 0 saturated heterocycles. The second kappa shape index (κ2) is 5.18. The van der Waals surface area contributed by atoms with Gasteiger partial charge in [0.05, 0.1) is 11.2 Å². The summed E-state index contributed by atoms with van der Waals surface area (Å²) in [5.74, 6) is 0.490. The second-order valence-corrected chi connectivity index (χ2v) is 4.28. The molecule has 2 rings (SSSR count). The molecular formula is C12H12ClN3O2. The number of nitrogens with zero attached hydrogens (tertiary/aromatic N) is 3. The molecule has 0 aliphatic heterocycles. The lowest BCUT2D eigenvalue weighted by Crippen LogP contribution is -1.98. The van der Waals surface area contributed by atoms with Crippen molar-refractivity contribution in [2.24, 2.45) is 7.05 Å². The Bertz CT molecular complexity index is 580. The SMILES string of the molecule is CC(=O)c1ccc(OCc2cn(C)nn2)c(Cl)c1. The van der Waals surface area contributed by atoms with E-state index in [-0.39, 0.29) is 12.4 Å². The van der Waals surface area contributed by atoms with E-state index in [4.69, 9.17) is 16.3 Å². The van der Waals surface area contributed by atoms with E-state index in [0.717, 1.165) is 0 Å². The number of carbonyl (C=O) groups excluding carboxylic acids is 1. The average molecular weight is 266 g/mol. The molecule has 0 amide bonds. The Labute approximate surface area is 109 Å². The third kappa shape index (κ3) is 2.87. The van der Waals surface area contributed by atoms with Gasteiger partial charge in [0.1, 0.15) is 18.1 Å². The Hall–Kier alpha value is -1.88. The van der Waals surface area contributed by atoms with Crippen LogP contribution in [0.25, 0.3) is 0 Å². The first-order chi connectivity index (χ1) is 8.56. The summed E-state index contributed by atoms with van der Waals surface area (Å²) in [7, 11) is 1.78. The number of rotatable bonds is 4. The van der Waals surface area contributed by atoms with Gasteiger partial charge in [-0.1, -0.05) is 16.8 Å². The van der Waals surface area contributed by atoms with Crippen molar-refractivity contribution in [3.05, 3.63) is 40.7 Å². The minimum absolute atomic E-state index is 0.0302. The van der Waals surface area contributed by atoms with Crippen LogP contribution in [0.2, 0.25) is 5.02 Å². The highest BCUT2D eigenvalue weighted by molar-refractivity contribution is 6.32. The molecule has 5 nitrogen and oxygen atoms in total. The monoisotopic (exact) mass is 265 g/mol. The van der Waals surface area contributed by atoms with Gasteiger partial charge in [0.15, 0.2) is 5.78 Å². The smallest absolute Gasteiger partial charge is 0.159 e. The molecule has 0 unspecified atom stereocenters. The maximum atomic E-state index is 11.2. The predicted molar refractivity (Wildman–Crippen MR) is 66.8 cm³/mol. The van der Waals surface area contributed by atoms with Gasteiger partial charge in [-0.3, -0.25) is 9.48 Å². The van der Waals surface area contributed by atoms with Crippen LogP contribution in [0.3, 0.4) is 0 Å². The maximum absolute atomic E-state index is 11.2. The summed E-state index contributed by atoms with van der Waals surface area (Å²) in [6, 6.07) is 4.95. The summed E-state index contributed by atoms with van der Waals surface area (Å²) in [6.45, 7) is 1.78. The zero-order valence-electron chi connectivity index (χ0n) is 10.1. The molecule has 6 heteroatoms. The summed E-state index contributed by atoms with van der Waals surface area (Å²) >= 11 is 6.03. The van der Waals surface area contributed by atoms with E-state index in [1.165, 1.54) is 6.92 Å². The molecule has 0 aliphatic carbocycles. The topological polar surface area (TPSA) is 57.0 Å². The molecule has 0 atom stereocenters. The number of aryl methyl sites for hydroxylation is 1. The van der Waals surface area contributed by atoms with Crippen molar-refractivity contribution in [3.63, 3.8) is 0 Å². The summed E-state index contributed by atoms with van der Waals surface area (Å²) in [5.41, 5.74) is 1.27. The van der Waals surface area contributed by atoms with Crippen LogP contribution < -0.4 is 4.74 Å². The highest BCUT2D eigenvalue weighted by atomic mass is 35.5. The molecule has 0 radical (unpaired) electrons. The van der Waals surface area contributed by atoms with Gasteiger partial charge in [-0.25, -0.2) is 0 Å². The van der Waals surface area contributed by atoms with E-state index in [9.17, 15) is 4.79 Å². The lowest BCUT2D eigenvalue weighted by Gasteiger charge is -2.07. The molecule has 18 heavy (non-hydrogen) atoms. The average Bonchev–Trinajstić information content (AvgIpc) is 2.73. The van der Waals surface area contributed by atoms with Crippen LogP contribution in [0.4, 0.5) is 0 Å². The molecule has 0 fully saturated rings. The molecular weight excluding hydrogens is 254 g/mol. The number of aromatic nitrogens is 3. The van der Waals surface area contributed by atoms with Crippen molar-refractivity contribution < 1.29 is 9.53 Å². The van der Waals surface area contributed by atoms with Crippen molar-refractivity contribution in [1.29, 1.82) is 0 Å². The number of halogens is 1. The quantitative estimate of drug-likeness (QED) is 0.796. The van der Waals surface area contributed by atoms with Crippen molar-refractivity contribution in [2.45, 2.75) is 13.5 Å². The zero-order valence-corrected chi connectivity index (χ0v) is 10.8. The fraction of sp³-hybridized carbons (Fsp3) is 0.250. The molecule has 0 spiro atoms. The molecule has 1 heterocycles. The van der Waals surface area contributed by atoms with E-state index in [1.54, 1.807) is 36.1 Å². The fourth-order valence-electron chi connectivity index (χ4n) is 1.45. The third-order valence-electron chi connectivity index (χ3n) is 2.36. The van der Waals surface area contributed by atoms with E-state index >= 15 is 0 Å². The molecule has 0 bridgehead atoms. The normalized spacial score (nSPS) is 10.4. The standard InChI is InChI=1S/C12H12ClN3O2/c1-8(17)9-3-4-12(11(13)5-9)18-7-10-6-16(2)15-14-10/h3-6H,7H2,1-2H3. The lowest BCUT2D eigenvalue weighted by atomic mass is 10.1. The molecule has 94 valence electrons. The molecule has 2 aromatic rings. The van der Waals surface area contributed by atoms with Gasteiger partial charge in [0.25, 0.3) is 0 Å². The first kappa shape index (κ1) is 12.6. The number of ether oxygens (including phenoxy) is 1. The Morgan fingerprint density at radius 2 is 2.28 bits per heavy atom. The Morgan fingerprint density at radius 3 is 2.83 bits per heavy atom. The highest BCUT2D eigenvalue weighted by Crippen LogP contribution is 2.26. The van der Waals surface area contributed by atoms with Gasteiger partial charge >= 0.3 is 0 Å². The van der Waals surface area contributed by atoms with Gasteiger partial charge in [0.2, 0.25) is 0 Å². The van der Waals surface area contributed by atoms with Gasteiger partial charge in [-0.2, -0.15) is 0 Å². The summed E-state index contributed by atoms with van der Waals surface area (Å²) in [4.78, 5) is 11.2. The number of benzene rings is 1. The van der Waals surface area contributed by atoms with Crippen LogP contribution >= 0.6 is 11.6 Å². The van der Waals surface area contributed by atoms with Crippen molar-refractivity contribution in [1.82, 2.24) is 15.0 Å². The third-order valence-corrected chi connectivity index (χ3v) is 2.66. The van der Waals surface area contributed by atoms with Crippen LogP contribution in [0.5, 0.6) is 5.75 Å². The first-order valence-corrected chi connectivity index (χ1v) is 5.72. The highest BCUT2D eigenvalue weighted by Gasteiger charge is 2.07. The number of Topliss-reactive ketones (excluding diaryl/α,β-unsaturated/α-hetero) is 1. The largest absolute Gasteiger partial charge is 0.486 e. The van der Waals surface area contributed by atoms with E-state index in [1.807, 2.05) is 0 Å². The maximum Gasteiger partial charge on any atom is 0.159 e. The number of ketones is 1. The van der Waals surface area contributed by atoms with Crippen molar-refractivity contribution >= 4 is 17.4 Å². The number of hydrogen-bond acceptors (Lipinski definition) is 4. The molecule has 0 saturated carbocycles. The fourth-order valence-corrected chi connectivity index (χ4v) is 1.69. The number of hydrogen-bond donors (Lipinski definition) is 0. The first-order valence-electron chi connectivity index (χ1n) is 5.35.